The maximum atomic E-state index is 5.21. The van der Waals surface area contributed by atoms with Crippen LogP contribution in [0.5, 0.6) is 0 Å². The van der Waals surface area contributed by atoms with Crippen LogP contribution in [0.2, 0.25) is 0 Å². The SMILES string of the molecule is CC(C)CNCCCc1nnc(-c2ccoc2Br)s1. The lowest BCUT2D eigenvalue weighted by molar-refractivity contribution is 0.542. The summed E-state index contributed by atoms with van der Waals surface area (Å²) in [5.74, 6) is 0.701. The summed E-state index contributed by atoms with van der Waals surface area (Å²) in [6.45, 7) is 6.53. The number of rotatable bonds is 7. The second kappa shape index (κ2) is 7.17. The molecule has 1 N–H and O–H groups in total. The first-order valence-corrected chi connectivity index (χ1v) is 8.04. The van der Waals surface area contributed by atoms with Crippen molar-refractivity contribution < 1.29 is 4.42 Å². The van der Waals surface area contributed by atoms with Gasteiger partial charge in [0, 0.05) is 6.42 Å². The van der Waals surface area contributed by atoms with Crippen molar-refractivity contribution in [3.63, 3.8) is 0 Å². The van der Waals surface area contributed by atoms with Gasteiger partial charge in [0.25, 0.3) is 0 Å². The number of nitrogens with zero attached hydrogens (tertiary/aromatic N) is 2. The monoisotopic (exact) mass is 343 g/mol. The second-order valence-corrected chi connectivity index (χ2v) is 6.59. The van der Waals surface area contributed by atoms with E-state index in [0.717, 1.165) is 41.5 Å². The normalized spacial score (nSPS) is 11.4. The minimum atomic E-state index is 0.701. The van der Waals surface area contributed by atoms with E-state index in [0.29, 0.717) is 10.6 Å². The molecule has 0 fully saturated rings. The third kappa shape index (κ3) is 4.40. The Balaban J connectivity index is 1.80. The summed E-state index contributed by atoms with van der Waals surface area (Å²) in [4.78, 5) is 0. The first kappa shape index (κ1) is 14.7. The maximum absolute atomic E-state index is 5.21. The zero-order valence-corrected chi connectivity index (χ0v) is 13.6. The fourth-order valence-corrected chi connectivity index (χ4v) is 3.13. The van der Waals surface area contributed by atoms with Crippen molar-refractivity contribution in [2.75, 3.05) is 13.1 Å². The van der Waals surface area contributed by atoms with E-state index < -0.39 is 0 Å². The fourth-order valence-electron chi connectivity index (χ4n) is 1.66. The van der Waals surface area contributed by atoms with Gasteiger partial charge in [0.05, 0.1) is 11.8 Å². The van der Waals surface area contributed by atoms with Gasteiger partial charge < -0.3 is 9.73 Å². The van der Waals surface area contributed by atoms with Crippen LogP contribution >= 0.6 is 27.3 Å². The van der Waals surface area contributed by atoms with E-state index in [1.165, 1.54) is 0 Å². The smallest absolute Gasteiger partial charge is 0.179 e. The minimum Gasteiger partial charge on any atom is -0.457 e. The summed E-state index contributed by atoms with van der Waals surface area (Å²) in [7, 11) is 0. The molecule has 4 nitrogen and oxygen atoms in total. The lowest BCUT2D eigenvalue weighted by atomic mass is 10.2. The van der Waals surface area contributed by atoms with E-state index in [-0.39, 0.29) is 0 Å². The summed E-state index contributed by atoms with van der Waals surface area (Å²) in [6.07, 6.45) is 3.71. The standard InChI is InChI=1S/C13H18BrN3OS/c1-9(2)8-15-6-3-4-11-16-17-13(19-11)10-5-7-18-12(10)14/h5,7,9,15H,3-4,6,8H2,1-2H3. The van der Waals surface area contributed by atoms with Crippen molar-refractivity contribution in [1.82, 2.24) is 15.5 Å². The van der Waals surface area contributed by atoms with Crippen molar-refractivity contribution in [3.8, 4) is 10.6 Å². The Morgan fingerprint density at radius 3 is 2.95 bits per heavy atom. The molecule has 0 aliphatic heterocycles. The van der Waals surface area contributed by atoms with Gasteiger partial charge in [-0.25, -0.2) is 0 Å². The highest BCUT2D eigenvalue weighted by molar-refractivity contribution is 9.10. The van der Waals surface area contributed by atoms with Crippen LogP contribution in [0.25, 0.3) is 10.6 Å². The van der Waals surface area contributed by atoms with Crippen LogP contribution < -0.4 is 5.32 Å². The number of aromatic nitrogens is 2. The Labute approximate surface area is 125 Å². The van der Waals surface area contributed by atoms with Gasteiger partial charge in [0.2, 0.25) is 0 Å². The molecule has 0 saturated carbocycles. The average Bonchev–Trinajstić information content (AvgIpc) is 2.97. The van der Waals surface area contributed by atoms with Crippen LogP contribution in [-0.2, 0) is 6.42 Å². The number of nitrogens with one attached hydrogen (secondary N) is 1. The van der Waals surface area contributed by atoms with E-state index in [2.05, 4.69) is 45.3 Å². The van der Waals surface area contributed by atoms with Crippen LogP contribution in [0, 0.1) is 5.92 Å². The Kier molecular flexibility index (Phi) is 5.54. The van der Waals surface area contributed by atoms with Crippen LogP contribution in [0.1, 0.15) is 25.3 Å². The molecule has 2 aromatic rings. The largest absolute Gasteiger partial charge is 0.457 e. The van der Waals surface area contributed by atoms with Crippen molar-refractivity contribution in [2.24, 2.45) is 5.92 Å². The Morgan fingerprint density at radius 2 is 2.26 bits per heavy atom. The van der Waals surface area contributed by atoms with Crippen LogP contribution in [0.3, 0.4) is 0 Å². The Morgan fingerprint density at radius 1 is 1.42 bits per heavy atom. The molecule has 2 heterocycles. The lowest BCUT2D eigenvalue weighted by Gasteiger charge is -2.05. The van der Waals surface area contributed by atoms with E-state index in [1.807, 2.05) is 6.07 Å². The van der Waals surface area contributed by atoms with Gasteiger partial charge in [-0.15, -0.1) is 10.2 Å². The number of aryl methyl sites for hydroxylation is 1. The molecule has 0 unspecified atom stereocenters. The van der Waals surface area contributed by atoms with Gasteiger partial charge in [-0.3, -0.25) is 0 Å². The molecule has 2 rings (SSSR count). The van der Waals surface area contributed by atoms with Crippen LogP contribution in [-0.4, -0.2) is 23.3 Å². The Bertz CT molecular complexity index is 509. The maximum Gasteiger partial charge on any atom is 0.179 e. The lowest BCUT2D eigenvalue weighted by Crippen LogP contribution is -2.21. The summed E-state index contributed by atoms with van der Waals surface area (Å²) in [5.41, 5.74) is 0.974. The van der Waals surface area contributed by atoms with Gasteiger partial charge in [-0.05, 0) is 47.4 Å². The van der Waals surface area contributed by atoms with E-state index in [9.17, 15) is 0 Å². The predicted molar refractivity (Wildman–Crippen MR) is 81.3 cm³/mol. The van der Waals surface area contributed by atoms with Gasteiger partial charge in [0.15, 0.2) is 9.68 Å². The van der Waals surface area contributed by atoms with E-state index in [1.54, 1.807) is 17.6 Å². The molecule has 0 radical (unpaired) electrons. The number of halogens is 1. The van der Waals surface area contributed by atoms with Crippen LogP contribution in [0.4, 0.5) is 0 Å². The molecule has 0 aromatic carbocycles. The van der Waals surface area contributed by atoms with Gasteiger partial charge in [-0.2, -0.15) is 0 Å². The summed E-state index contributed by atoms with van der Waals surface area (Å²) < 4.78 is 5.93. The molecular weight excluding hydrogens is 326 g/mol. The van der Waals surface area contributed by atoms with E-state index in [4.69, 9.17) is 4.42 Å². The second-order valence-electron chi connectivity index (χ2n) is 4.81. The van der Waals surface area contributed by atoms with Crippen LogP contribution in [0.15, 0.2) is 21.4 Å². The molecule has 0 atom stereocenters. The molecule has 19 heavy (non-hydrogen) atoms. The van der Waals surface area contributed by atoms with Crippen molar-refractivity contribution in [1.29, 1.82) is 0 Å². The third-order valence-electron chi connectivity index (χ3n) is 2.61. The zero-order valence-electron chi connectivity index (χ0n) is 11.1. The molecule has 0 saturated heterocycles. The van der Waals surface area contributed by atoms with Gasteiger partial charge >= 0.3 is 0 Å². The molecular formula is C13H18BrN3OS. The van der Waals surface area contributed by atoms with Crippen molar-refractivity contribution in [3.05, 3.63) is 22.0 Å². The topological polar surface area (TPSA) is 51.0 Å². The third-order valence-corrected chi connectivity index (χ3v) is 4.24. The quantitative estimate of drug-likeness (QED) is 0.778. The van der Waals surface area contributed by atoms with Crippen molar-refractivity contribution in [2.45, 2.75) is 26.7 Å². The van der Waals surface area contributed by atoms with Crippen molar-refractivity contribution >= 4 is 27.3 Å². The zero-order chi connectivity index (χ0) is 13.7. The molecule has 0 aliphatic rings. The number of furan rings is 1. The summed E-state index contributed by atoms with van der Waals surface area (Å²) in [5, 5.41) is 13.8. The van der Waals surface area contributed by atoms with Gasteiger partial charge in [-0.1, -0.05) is 25.2 Å². The first-order chi connectivity index (χ1) is 9.16. The molecule has 0 aliphatic carbocycles. The van der Waals surface area contributed by atoms with E-state index >= 15 is 0 Å². The molecule has 0 amide bonds. The molecule has 6 heteroatoms. The van der Waals surface area contributed by atoms with Gasteiger partial charge in [0.1, 0.15) is 5.01 Å². The summed E-state index contributed by atoms with van der Waals surface area (Å²) >= 11 is 4.99. The highest BCUT2D eigenvalue weighted by Gasteiger charge is 2.11. The number of hydrogen-bond donors (Lipinski definition) is 1. The molecule has 0 bridgehead atoms. The fraction of sp³-hybridized carbons (Fsp3) is 0.538. The highest BCUT2D eigenvalue weighted by Crippen LogP contribution is 2.31. The Hall–Kier alpha value is -0.720. The summed E-state index contributed by atoms with van der Waals surface area (Å²) in [6, 6.07) is 1.90. The predicted octanol–water partition coefficient (Wildman–Crippen LogP) is 3.74. The molecule has 0 spiro atoms. The minimum absolute atomic E-state index is 0.701. The molecule has 104 valence electrons. The highest BCUT2D eigenvalue weighted by atomic mass is 79.9. The molecule has 2 aromatic heterocycles. The average molecular weight is 344 g/mol. The number of hydrogen-bond acceptors (Lipinski definition) is 5. The first-order valence-electron chi connectivity index (χ1n) is 6.43.